The van der Waals surface area contributed by atoms with Gasteiger partial charge in [0, 0.05) is 11.6 Å². The van der Waals surface area contributed by atoms with Gasteiger partial charge in [0.05, 0.1) is 32.8 Å². The van der Waals surface area contributed by atoms with Gasteiger partial charge in [-0.15, -0.1) is 0 Å². The van der Waals surface area contributed by atoms with Crippen LogP contribution in [0.15, 0.2) is 47.4 Å². The largest absolute Gasteiger partial charge is 0.497 e. The summed E-state index contributed by atoms with van der Waals surface area (Å²) in [4.78, 5) is 24.0. The first-order chi connectivity index (χ1) is 13.8. The summed E-state index contributed by atoms with van der Waals surface area (Å²) in [5, 5.41) is 0. The van der Waals surface area contributed by atoms with Gasteiger partial charge in [-0.05, 0) is 36.4 Å². The van der Waals surface area contributed by atoms with E-state index in [0.717, 1.165) is 0 Å². The molecular formula is C18H21N3O7S. The highest BCUT2D eigenvalue weighted by molar-refractivity contribution is 7.89. The lowest BCUT2D eigenvalue weighted by atomic mass is 10.2. The van der Waals surface area contributed by atoms with Gasteiger partial charge in [-0.1, -0.05) is 0 Å². The van der Waals surface area contributed by atoms with E-state index in [1.807, 2.05) is 0 Å². The number of nitrogens with one attached hydrogen (secondary N) is 3. The standard InChI is InChI=1S/C18H21N3O7S/c1-26-13-4-6-16(7-5-13)29(24,25)19-11-17(22)20-21-18(23)12-8-14(27-2)10-15(9-12)28-3/h4-10,19H,11H2,1-3H3,(H,20,22)(H,21,23). The van der Waals surface area contributed by atoms with Crippen LogP contribution in [0.4, 0.5) is 0 Å². The average molecular weight is 423 g/mol. The number of carbonyl (C=O) groups excluding carboxylic acids is 2. The highest BCUT2D eigenvalue weighted by Crippen LogP contribution is 2.22. The van der Waals surface area contributed by atoms with E-state index in [2.05, 4.69) is 15.6 Å². The Hall–Kier alpha value is -3.31. The van der Waals surface area contributed by atoms with Crippen LogP contribution in [0, 0.1) is 0 Å². The summed E-state index contributed by atoms with van der Waals surface area (Å²) >= 11 is 0. The van der Waals surface area contributed by atoms with Crippen LogP contribution in [0.1, 0.15) is 10.4 Å². The molecule has 3 N–H and O–H groups in total. The van der Waals surface area contributed by atoms with Crippen molar-refractivity contribution in [2.24, 2.45) is 0 Å². The molecule has 2 amide bonds. The number of sulfonamides is 1. The summed E-state index contributed by atoms with van der Waals surface area (Å²) in [5.74, 6) is -0.0985. The second-order valence-corrected chi connectivity index (χ2v) is 7.37. The van der Waals surface area contributed by atoms with Crippen LogP contribution in [0.2, 0.25) is 0 Å². The van der Waals surface area contributed by atoms with Crippen molar-refractivity contribution in [2.45, 2.75) is 4.90 Å². The van der Waals surface area contributed by atoms with Crippen LogP contribution in [0.25, 0.3) is 0 Å². The minimum Gasteiger partial charge on any atom is -0.497 e. The topological polar surface area (TPSA) is 132 Å². The van der Waals surface area contributed by atoms with E-state index in [0.29, 0.717) is 17.2 Å². The number of amides is 2. The maximum absolute atomic E-state index is 12.2. The van der Waals surface area contributed by atoms with Crippen molar-refractivity contribution in [3.8, 4) is 17.2 Å². The van der Waals surface area contributed by atoms with E-state index in [9.17, 15) is 18.0 Å². The summed E-state index contributed by atoms with van der Waals surface area (Å²) in [7, 11) is 0.434. The molecular weight excluding hydrogens is 402 g/mol. The summed E-state index contributed by atoms with van der Waals surface area (Å²) in [6.07, 6.45) is 0. The van der Waals surface area contributed by atoms with Crippen molar-refractivity contribution < 1.29 is 32.2 Å². The molecule has 0 bridgehead atoms. The fraction of sp³-hybridized carbons (Fsp3) is 0.222. The number of benzene rings is 2. The van der Waals surface area contributed by atoms with Gasteiger partial charge in [-0.25, -0.2) is 13.1 Å². The van der Waals surface area contributed by atoms with E-state index in [1.54, 1.807) is 6.07 Å². The van der Waals surface area contributed by atoms with E-state index >= 15 is 0 Å². The Bertz CT molecular complexity index is 953. The zero-order valence-corrected chi connectivity index (χ0v) is 16.8. The second-order valence-electron chi connectivity index (χ2n) is 5.60. The summed E-state index contributed by atoms with van der Waals surface area (Å²) in [5.41, 5.74) is 4.50. The highest BCUT2D eigenvalue weighted by Gasteiger charge is 2.16. The third kappa shape index (κ3) is 6.09. The number of hydrazine groups is 1. The van der Waals surface area contributed by atoms with Gasteiger partial charge in [0.15, 0.2) is 0 Å². The number of hydrogen-bond acceptors (Lipinski definition) is 7. The Kier molecular flexibility index (Phi) is 7.39. The second kappa shape index (κ2) is 9.75. The van der Waals surface area contributed by atoms with Crippen molar-refractivity contribution in [3.63, 3.8) is 0 Å². The summed E-state index contributed by atoms with van der Waals surface area (Å²) < 4.78 is 41.6. The lowest BCUT2D eigenvalue weighted by molar-refractivity contribution is -0.120. The van der Waals surface area contributed by atoms with Crippen LogP contribution in [0.5, 0.6) is 17.2 Å². The SMILES string of the molecule is COc1ccc(S(=O)(=O)NCC(=O)NNC(=O)c2cc(OC)cc(OC)c2)cc1. The van der Waals surface area contributed by atoms with Crippen molar-refractivity contribution in [1.29, 1.82) is 0 Å². The van der Waals surface area contributed by atoms with Crippen molar-refractivity contribution in [2.75, 3.05) is 27.9 Å². The molecule has 0 fully saturated rings. The van der Waals surface area contributed by atoms with Gasteiger partial charge < -0.3 is 14.2 Å². The Balaban J connectivity index is 1.91. The molecule has 156 valence electrons. The number of hydrogen-bond donors (Lipinski definition) is 3. The minimum absolute atomic E-state index is 0.0291. The van der Waals surface area contributed by atoms with Crippen LogP contribution >= 0.6 is 0 Å². The molecule has 0 radical (unpaired) electrons. The maximum atomic E-state index is 12.2. The maximum Gasteiger partial charge on any atom is 0.269 e. The molecule has 11 heteroatoms. The molecule has 0 saturated heterocycles. The first kappa shape index (κ1) is 22.0. The zero-order valence-electron chi connectivity index (χ0n) is 16.0. The van der Waals surface area contributed by atoms with Gasteiger partial charge in [-0.3, -0.25) is 20.4 Å². The quantitative estimate of drug-likeness (QED) is 0.525. The molecule has 10 nitrogen and oxygen atoms in total. The number of methoxy groups -OCH3 is 3. The Morgan fingerprint density at radius 3 is 1.90 bits per heavy atom. The van der Waals surface area contributed by atoms with E-state index in [4.69, 9.17) is 14.2 Å². The summed E-state index contributed by atoms with van der Waals surface area (Å²) in [6, 6.07) is 10.2. The van der Waals surface area contributed by atoms with E-state index in [-0.39, 0.29) is 10.5 Å². The normalized spacial score (nSPS) is 10.7. The van der Waals surface area contributed by atoms with Gasteiger partial charge in [0.25, 0.3) is 11.8 Å². The molecule has 0 saturated carbocycles. The van der Waals surface area contributed by atoms with E-state index < -0.39 is 28.4 Å². The number of rotatable bonds is 8. The molecule has 0 heterocycles. The smallest absolute Gasteiger partial charge is 0.269 e. The Labute approximate surface area is 168 Å². The van der Waals surface area contributed by atoms with Crippen LogP contribution in [-0.2, 0) is 14.8 Å². The monoisotopic (exact) mass is 423 g/mol. The molecule has 2 aromatic carbocycles. The molecule has 0 atom stereocenters. The molecule has 0 spiro atoms. The third-order valence-electron chi connectivity index (χ3n) is 3.72. The van der Waals surface area contributed by atoms with Crippen molar-refractivity contribution in [3.05, 3.63) is 48.0 Å². The lowest BCUT2D eigenvalue weighted by Crippen LogP contribution is -2.46. The Morgan fingerprint density at radius 2 is 1.38 bits per heavy atom. The third-order valence-corrected chi connectivity index (χ3v) is 5.14. The van der Waals surface area contributed by atoms with Crippen LogP contribution < -0.4 is 29.8 Å². The minimum atomic E-state index is -3.90. The fourth-order valence-electron chi connectivity index (χ4n) is 2.18. The van der Waals surface area contributed by atoms with Crippen LogP contribution in [-0.4, -0.2) is 48.1 Å². The van der Waals surface area contributed by atoms with Crippen molar-refractivity contribution in [1.82, 2.24) is 15.6 Å². The fourth-order valence-corrected chi connectivity index (χ4v) is 3.16. The van der Waals surface area contributed by atoms with Gasteiger partial charge in [0.1, 0.15) is 17.2 Å². The van der Waals surface area contributed by atoms with Gasteiger partial charge in [0.2, 0.25) is 10.0 Å². The molecule has 0 aromatic heterocycles. The molecule has 2 rings (SSSR count). The van der Waals surface area contributed by atoms with Crippen LogP contribution in [0.3, 0.4) is 0 Å². The first-order valence-corrected chi connectivity index (χ1v) is 9.73. The molecule has 2 aromatic rings. The molecule has 0 unspecified atom stereocenters. The summed E-state index contributed by atoms with van der Waals surface area (Å²) in [6.45, 7) is -0.573. The predicted molar refractivity (Wildman–Crippen MR) is 103 cm³/mol. The molecule has 0 aliphatic heterocycles. The first-order valence-electron chi connectivity index (χ1n) is 8.25. The molecule has 29 heavy (non-hydrogen) atoms. The highest BCUT2D eigenvalue weighted by atomic mass is 32.2. The average Bonchev–Trinajstić information content (AvgIpc) is 2.75. The predicted octanol–water partition coefficient (Wildman–Crippen LogP) is 0.452. The lowest BCUT2D eigenvalue weighted by Gasteiger charge is -2.11. The molecule has 0 aliphatic rings. The van der Waals surface area contributed by atoms with Gasteiger partial charge in [-0.2, -0.15) is 0 Å². The van der Waals surface area contributed by atoms with E-state index in [1.165, 1.54) is 57.7 Å². The van der Waals surface area contributed by atoms with Gasteiger partial charge >= 0.3 is 0 Å². The number of carbonyl (C=O) groups is 2. The molecule has 0 aliphatic carbocycles. The number of ether oxygens (including phenoxy) is 3. The Morgan fingerprint density at radius 1 is 0.828 bits per heavy atom. The zero-order chi connectivity index (χ0) is 21.4. The van der Waals surface area contributed by atoms with Crippen molar-refractivity contribution >= 4 is 21.8 Å².